The highest BCUT2D eigenvalue weighted by atomic mass is 16.5. The largest absolute Gasteiger partial charge is 0.499 e. The summed E-state index contributed by atoms with van der Waals surface area (Å²) in [6.45, 7) is 7.75. The smallest absolute Gasteiger partial charge is 0.329 e. The van der Waals surface area contributed by atoms with E-state index in [1.165, 1.54) is 12.8 Å². The molecule has 0 rings (SSSR count). The number of aliphatic hydroxyl groups excluding tert-OH is 1. The Morgan fingerprint density at radius 2 is 1.93 bits per heavy atom. The van der Waals surface area contributed by atoms with Crippen LogP contribution in [0.3, 0.4) is 0 Å². The van der Waals surface area contributed by atoms with E-state index in [4.69, 9.17) is 19.7 Å². The van der Waals surface area contributed by atoms with Crippen LogP contribution in [0.1, 0.15) is 33.1 Å². The molecule has 4 nitrogen and oxygen atoms in total. The lowest BCUT2D eigenvalue weighted by atomic mass is 10.3. The monoisotopic (exact) mass is 204 g/mol. The van der Waals surface area contributed by atoms with Crippen molar-refractivity contribution in [3.05, 3.63) is 12.3 Å². The van der Waals surface area contributed by atoms with Gasteiger partial charge in [0.1, 0.15) is 6.61 Å². The minimum atomic E-state index is -1.19. The second-order valence-electron chi connectivity index (χ2n) is 2.81. The van der Waals surface area contributed by atoms with Crippen LogP contribution in [0.25, 0.3) is 0 Å². The Balaban J connectivity index is 0. The number of carboxylic acids is 1. The van der Waals surface area contributed by atoms with Gasteiger partial charge in [0.2, 0.25) is 0 Å². The molecule has 0 aliphatic rings. The number of hydrogen-bond acceptors (Lipinski definition) is 3. The number of aliphatic carboxylic acids is 1. The Hall–Kier alpha value is -1.03. The van der Waals surface area contributed by atoms with E-state index in [2.05, 4.69) is 13.5 Å². The fraction of sp³-hybridized carbons (Fsp3) is 0.700. The van der Waals surface area contributed by atoms with Gasteiger partial charge in [-0.2, -0.15) is 0 Å². The van der Waals surface area contributed by atoms with Crippen molar-refractivity contribution in [3.8, 4) is 0 Å². The Morgan fingerprint density at radius 1 is 1.43 bits per heavy atom. The number of allylic oxidation sites excluding steroid dienone is 1. The molecule has 4 heteroatoms. The summed E-state index contributed by atoms with van der Waals surface area (Å²) < 4.78 is 5.15. The summed E-state index contributed by atoms with van der Waals surface area (Å²) in [7, 11) is 0. The topological polar surface area (TPSA) is 66.8 Å². The molecule has 14 heavy (non-hydrogen) atoms. The molecule has 0 aliphatic carbocycles. The molecular formula is C10H20O4. The third-order valence-corrected chi connectivity index (χ3v) is 1.23. The van der Waals surface area contributed by atoms with Gasteiger partial charge in [-0.05, 0) is 13.3 Å². The van der Waals surface area contributed by atoms with Crippen molar-refractivity contribution in [1.82, 2.24) is 0 Å². The molecule has 0 amide bonds. The Morgan fingerprint density at radius 3 is 2.21 bits per heavy atom. The van der Waals surface area contributed by atoms with Crippen LogP contribution < -0.4 is 0 Å². The first-order valence-corrected chi connectivity index (χ1v) is 4.65. The lowest BCUT2D eigenvalue weighted by Gasteiger charge is -2.02. The van der Waals surface area contributed by atoms with Gasteiger partial charge < -0.3 is 14.9 Å². The molecule has 0 bridgehead atoms. The van der Waals surface area contributed by atoms with Crippen molar-refractivity contribution < 1.29 is 19.7 Å². The van der Waals surface area contributed by atoms with E-state index < -0.39 is 12.6 Å². The fourth-order valence-corrected chi connectivity index (χ4v) is 0.598. The van der Waals surface area contributed by atoms with E-state index in [1.54, 1.807) is 0 Å². The third-order valence-electron chi connectivity index (χ3n) is 1.23. The summed E-state index contributed by atoms with van der Waals surface area (Å²) in [4.78, 5) is 9.12. The molecule has 2 N–H and O–H groups in total. The van der Waals surface area contributed by atoms with Crippen molar-refractivity contribution in [1.29, 1.82) is 0 Å². The SMILES string of the molecule is C=C(C)OCCCCC.O=C(O)CO. The Kier molecular flexibility index (Phi) is 13.2. The maximum atomic E-state index is 9.12. The molecule has 0 saturated heterocycles. The zero-order chi connectivity index (χ0) is 11.4. The minimum Gasteiger partial charge on any atom is -0.499 e. The van der Waals surface area contributed by atoms with Gasteiger partial charge >= 0.3 is 5.97 Å². The average Bonchev–Trinajstić information content (AvgIpc) is 2.13. The number of carbonyl (C=O) groups is 1. The summed E-state index contributed by atoms with van der Waals surface area (Å²) in [5.41, 5.74) is 0. The van der Waals surface area contributed by atoms with Gasteiger partial charge in [0.25, 0.3) is 0 Å². The minimum absolute atomic E-state index is 0.778. The van der Waals surface area contributed by atoms with Gasteiger partial charge in [-0.3, -0.25) is 0 Å². The first-order chi connectivity index (χ1) is 6.54. The van der Waals surface area contributed by atoms with Gasteiger partial charge in [0.05, 0.1) is 12.4 Å². The summed E-state index contributed by atoms with van der Waals surface area (Å²) in [6.07, 6.45) is 3.66. The molecular weight excluding hydrogens is 184 g/mol. The van der Waals surface area contributed by atoms with Gasteiger partial charge in [0, 0.05) is 0 Å². The summed E-state index contributed by atoms with van der Waals surface area (Å²) in [5, 5.41) is 15.0. The van der Waals surface area contributed by atoms with E-state index in [9.17, 15) is 0 Å². The second-order valence-corrected chi connectivity index (χ2v) is 2.81. The molecule has 0 saturated carbocycles. The zero-order valence-corrected chi connectivity index (χ0v) is 8.95. The van der Waals surface area contributed by atoms with Gasteiger partial charge in [-0.1, -0.05) is 26.3 Å². The quantitative estimate of drug-likeness (QED) is 0.511. The van der Waals surface area contributed by atoms with Gasteiger partial charge in [-0.25, -0.2) is 4.79 Å². The van der Waals surface area contributed by atoms with Crippen LogP contribution in [0, 0.1) is 0 Å². The molecule has 0 radical (unpaired) electrons. The van der Waals surface area contributed by atoms with Gasteiger partial charge in [0.15, 0.2) is 0 Å². The molecule has 0 aromatic rings. The van der Waals surface area contributed by atoms with Crippen LogP contribution >= 0.6 is 0 Å². The van der Waals surface area contributed by atoms with Crippen molar-refractivity contribution >= 4 is 5.97 Å². The normalized spacial score (nSPS) is 8.50. The van der Waals surface area contributed by atoms with Crippen molar-refractivity contribution in [2.45, 2.75) is 33.1 Å². The molecule has 0 aromatic heterocycles. The van der Waals surface area contributed by atoms with E-state index in [-0.39, 0.29) is 0 Å². The summed E-state index contributed by atoms with van der Waals surface area (Å²) >= 11 is 0. The second kappa shape index (κ2) is 12.0. The Bertz CT molecular complexity index is 154. The molecule has 0 fully saturated rings. The third kappa shape index (κ3) is 22.4. The average molecular weight is 204 g/mol. The first-order valence-electron chi connectivity index (χ1n) is 4.65. The van der Waals surface area contributed by atoms with E-state index in [0.29, 0.717) is 0 Å². The number of rotatable bonds is 6. The van der Waals surface area contributed by atoms with Crippen LogP contribution in [-0.2, 0) is 9.53 Å². The van der Waals surface area contributed by atoms with E-state index in [1.807, 2.05) is 6.92 Å². The lowest BCUT2D eigenvalue weighted by Crippen LogP contribution is -1.98. The molecule has 0 unspecified atom stereocenters. The zero-order valence-electron chi connectivity index (χ0n) is 8.95. The predicted molar refractivity (Wildman–Crippen MR) is 55.0 cm³/mol. The fourth-order valence-electron chi connectivity index (χ4n) is 0.598. The lowest BCUT2D eigenvalue weighted by molar-refractivity contribution is -0.140. The van der Waals surface area contributed by atoms with Crippen molar-refractivity contribution in [3.63, 3.8) is 0 Å². The maximum Gasteiger partial charge on any atom is 0.329 e. The number of unbranched alkanes of at least 4 members (excludes halogenated alkanes) is 2. The molecule has 0 aromatic carbocycles. The Labute approximate surface area is 85.2 Å². The predicted octanol–water partition coefficient (Wildman–Crippen LogP) is 1.79. The molecule has 0 spiro atoms. The summed E-state index contributed by atoms with van der Waals surface area (Å²) in [6, 6.07) is 0. The van der Waals surface area contributed by atoms with E-state index in [0.717, 1.165) is 18.8 Å². The highest BCUT2D eigenvalue weighted by Gasteiger charge is 1.85. The molecule has 0 aliphatic heterocycles. The molecule has 0 atom stereocenters. The van der Waals surface area contributed by atoms with Crippen LogP contribution in [0.15, 0.2) is 12.3 Å². The van der Waals surface area contributed by atoms with E-state index >= 15 is 0 Å². The van der Waals surface area contributed by atoms with Crippen LogP contribution in [0.2, 0.25) is 0 Å². The van der Waals surface area contributed by atoms with Crippen molar-refractivity contribution in [2.24, 2.45) is 0 Å². The standard InChI is InChI=1S/C8H16O.C2H4O3/c1-4-5-6-7-9-8(2)3;3-1-2(4)5/h2,4-7H2,1,3H3;3H,1H2,(H,4,5). The summed E-state index contributed by atoms with van der Waals surface area (Å²) in [5.74, 6) is -0.365. The highest BCUT2D eigenvalue weighted by molar-refractivity contribution is 5.67. The van der Waals surface area contributed by atoms with Crippen LogP contribution in [-0.4, -0.2) is 29.4 Å². The number of aliphatic hydroxyl groups is 1. The van der Waals surface area contributed by atoms with Gasteiger partial charge in [-0.15, -0.1) is 0 Å². The van der Waals surface area contributed by atoms with Crippen LogP contribution in [0.5, 0.6) is 0 Å². The van der Waals surface area contributed by atoms with Crippen molar-refractivity contribution in [2.75, 3.05) is 13.2 Å². The molecule has 84 valence electrons. The van der Waals surface area contributed by atoms with Crippen LogP contribution in [0.4, 0.5) is 0 Å². The number of hydrogen-bond donors (Lipinski definition) is 2. The maximum absolute atomic E-state index is 9.12. The number of carboxylic acid groups (broad SMARTS) is 1. The highest BCUT2D eigenvalue weighted by Crippen LogP contribution is 1.97. The molecule has 0 heterocycles. The number of ether oxygens (including phenoxy) is 1. The first kappa shape index (κ1) is 15.4.